The summed E-state index contributed by atoms with van der Waals surface area (Å²) in [5.41, 5.74) is 7.82. The van der Waals surface area contributed by atoms with Gasteiger partial charge in [-0.3, -0.25) is 4.79 Å². The van der Waals surface area contributed by atoms with Crippen LogP contribution in [0.5, 0.6) is 0 Å². The molecule has 1 aliphatic rings. The van der Waals surface area contributed by atoms with Crippen LogP contribution >= 0.6 is 0 Å². The number of carbonyl (C=O) groups is 1. The molecule has 0 aliphatic heterocycles. The number of sulfone groups is 1. The van der Waals surface area contributed by atoms with E-state index in [-0.39, 0.29) is 17.2 Å². The van der Waals surface area contributed by atoms with Crippen molar-refractivity contribution >= 4 is 26.9 Å². The minimum absolute atomic E-state index is 0.163. The first-order valence-corrected chi connectivity index (χ1v) is 11.2. The molecule has 1 aromatic carbocycles. The Morgan fingerprint density at radius 2 is 1.93 bits per heavy atom. The van der Waals surface area contributed by atoms with Crippen LogP contribution in [-0.2, 0) is 14.6 Å². The SMILES string of the molecule is Cc1ccc(S(=O)(=O)C2CCC(c3cnc4[nH]ccc4n3)C(C)(C(N)=O)C2)cc1. The minimum Gasteiger partial charge on any atom is -0.369 e. The van der Waals surface area contributed by atoms with Crippen molar-refractivity contribution in [1.82, 2.24) is 15.0 Å². The summed E-state index contributed by atoms with van der Waals surface area (Å²) in [7, 11) is -3.56. The van der Waals surface area contributed by atoms with E-state index >= 15 is 0 Å². The molecule has 0 saturated heterocycles. The van der Waals surface area contributed by atoms with Crippen molar-refractivity contribution in [1.29, 1.82) is 0 Å². The zero-order valence-electron chi connectivity index (χ0n) is 16.4. The second-order valence-corrected chi connectivity index (χ2v) is 10.3. The number of aromatic nitrogens is 3. The number of hydrogen-bond acceptors (Lipinski definition) is 5. The third-order valence-corrected chi connectivity index (χ3v) is 8.39. The number of rotatable bonds is 4. The van der Waals surface area contributed by atoms with Gasteiger partial charge in [0.1, 0.15) is 5.52 Å². The first kappa shape index (κ1) is 19.6. The van der Waals surface area contributed by atoms with Crippen molar-refractivity contribution < 1.29 is 13.2 Å². The van der Waals surface area contributed by atoms with Gasteiger partial charge in [0.2, 0.25) is 5.91 Å². The highest BCUT2D eigenvalue weighted by molar-refractivity contribution is 7.92. The molecule has 0 bridgehead atoms. The summed E-state index contributed by atoms with van der Waals surface area (Å²) in [6, 6.07) is 8.65. The zero-order valence-corrected chi connectivity index (χ0v) is 17.2. The van der Waals surface area contributed by atoms with Crippen LogP contribution in [0, 0.1) is 12.3 Å². The van der Waals surface area contributed by atoms with Crippen molar-refractivity contribution in [2.75, 3.05) is 0 Å². The van der Waals surface area contributed by atoms with Gasteiger partial charge < -0.3 is 10.7 Å². The lowest BCUT2D eigenvalue weighted by molar-refractivity contribution is -0.129. The molecule has 1 amide bonds. The van der Waals surface area contributed by atoms with Crippen LogP contribution in [-0.4, -0.2) is 34.5 Å². The Kier molecular flexibility index (Phi) is 4.69. The smallest absolute Gasteiger partial charge is 0.224 e. The van der Waals surface area contributed by atoms with Gasteiger partial charge in [-0.1, -0.05) is 24.6 Å². The van der Waals surface area contributed by atoms with Gasteiger partial charge in [0, 0.05) is 12.1 Å². The second-order valence-electron chi connectivity index (χ2n) is 8.10. The van der Waals surface area contributed by atoms with Crippen LogP contribution in [0.15, 0.2) is 47.6 Å². The number of primary amides is 1. The van der Waals surface area contributed by atoms with E-state index in [0.717, 1.165) is 5.56 Å². The molecular weight excluding hydrogens is 388 g/mol. The van der Waals surface area contributed by atoms with Crippen LogP contribution in [0.1, 0.15) is 43.4 Å². The van der Waals surface area contributed by atoms with Crippen molar-refractivity contribution in [3.63, 3.8) is 0 Å². The van der Waals surface area contributed by atoms with E-state index in [1.807, 2.05) is 13.0 Å². The number of hydrogen-bond donors (Lipinski definition) is 2. The lowest BCUT2D eigenvalue weighted by Crippen LogP contribution is -2.47. The summed E-state index contributed by atoms with van der Waals surface area (Å²) in [4.78, 5) is 24.8. The average molecular weight is 413 g/mol. The summed E-state index contributed by atoms with van der Waals surface area (Å²) < 4.78 is 26.4. The van der Waals surface area contributed by atoms with Crippen LogP contribution in [0.4, 0.5) is 0 Å². The minimum atomic E-state index is -3.56. The molecule has 0 radical (unpaired) electrons. The third-order valence-electron chi connectivity index (χ3n) is 6.19. The molecular formula is C21H24N4O3S. The highest BCUT2D eigenvalue weighted by atomic mass is 32.2. The van der Waals surface area contributed by atoms with E-state index < -0.39 is 26.4 Å². The van der Waals surface area contributed by atoms with E-state index in [1.54, 1.807) is 43.6 Å². The predicted octanol–water partition coefficient (Wildman–Crippen LogP) is 2.87. The molecule has 1 fully saturated rings. The molecule has 7 nitrogen and oxygen atoms in total. The van der Waals surface area contributed by atoms with Gasteiger partial charge in [0.25, 0.3) is 0 Å². The van der Waals surface area contributed by atoms with E-state index in [9.17, 15) is 13.2 Å². The fraction of sp³-hybridized carbons (Fsp3) is 0.381. The van der Waals surface area contributed by atoms with Crippen molar-refractivity contribution in [3.05, 3.63) is 54.0 Å². The van der Waals surface area contributed by atoms with Crippen LogP contribution in [0.3, 0.4) is 0 Å². The maximum absolute atomic E-state index is 13.2. The Balaban J connectivity index is 1.69. The monoisotopic (exact) mass is 412 g/mol. The van der Waals surface area contributed by atoms with Gasteiger partial charge in [-0.25, -0.2) is 18.4 Å². The zero-order chi connectivity index (χ0) is 20.8. The van der Waals surface area contributed by atoms with Gasteiger partial charge in [0.15, 0.2) is 15.5 Å². The number of carbonyl (C=O) groups excluding carboxylic acids is 1. The van der Waals surface area contributed by atoms with E-state index in [2.05, 4.69) is 15.0 Å². The molecule has 3 aromatic rings. The van der Waals surface area contributed by atoms with E-state index in [1.165, 1.54) is 0 Å². The number of nitrogens with one attached hydrogen (secondary N) is 1. The number of fused-ring (bicyclic) bond motifs is 1. The number of nitrogens with zero attached hydrogens (tertiary/aromatic N) is 2. The molecule has 8 heteroatoms. The summed E-state index contributed by atoms with van der Waals surface area (Å²) >= 11 is 0. The Morgan fingerprint density at radius 1 is 1.21 bits per heavy atom. The standard InChI is InChI=1S/C21H24N4O3S/c1-13-3-5-14(6-4-13)29(27,28)15-7-8-16(21(2,11-15)20(22)26)18-12-24-19-17(25-18)9-10-23-19/h3-6,9-10,12,15-16H,7-8,11H2,1-2H3,(H2,22,26)(H,23,24). The molecule has 152 valence electrons. The van der Waals surface area contributed by atoms with Gasteiger partial charge >= 0.3 is 0 Å². The Bertz CT molecular complexity index is 1170. The molecule has 2 heterocycles. The van der Waals surface area contributed by atoms with Gasteiger partial charge in [-0.2, -0.15) is 0 Å². The lowest BCUT2D eigenvalue weighted by Gasteiger charge is -2.41. The number of aromatic amines is 1. The maximum atomic E-state index is 13.2. The van der Waals surface area contributed by atoms with Crippen molar-refractivity contribution in [2.45, 2.75) is 49.2 Å². The number of aryl methyl sites for hydroxylation is 1. The molecule has 4 rings (SSSR count). The molecule has 0 spiro atoms. The molecule has 3 unspecified atom stereocenters. The van der Waals surface area contributed by atoms with Crippen LogP contribution in [0.25, 0.3) is 11.2 Å². The number of nitrogens with two attached hydrogens (primary N) is 1. The fourth-order valence-electron chi connectivity index (χ4n) is 4.33. The quantitative estimate of drug-likeness (QED) is 0.683. The molecule has 29 heavy (non-hydrogen) atoms. The Morgan fingerprint density at radius 3 is 2.62 bits per heavy atom. The highest BCUT2D eigenvalue weighted by Crippen LogP contribution is 2.49. The summed E-state index contributed by atoms with van der Waals surface area (Å²) in [5.74, 6) is -0.793. The second kappa shape index (κ2) is 6.95. The van der Waals surface area contributed by atoms with E-state index in [0.29, 0.717) is 29.7 Å². The fourth-order valence-corrected chi connectivity index (χ4v) is 6.25. The normalized spacial score (nSPS) is 25.2. The summed E-state index contributed by atoms with van der Waals surface area (Å²) in [5, 5.41) is -0.664. The predicted molar refractivity (Wildman–Crippen MR) is 110 cm³/mol. The largest absolute Gasteiger partial charge is 0.369 e. The summed E-state index contributed by atoms with van der Waals surface area (Å²) in [6.45, 7) is 3.66. The molecule has 3 atom stereocenters. The highest BCUT2D eigenvalue weighted by Gasteiger charge is 2.49. The van der Waals surface area contributed by atoms with Gasteiger partial charge in [-0.15, -0.1) is 0 Å². The van der Waals surface area contributed by atoms with Crippen LogP contribution < -0.4 is 5.73 Å². The molecule has 1 aliphatic carbocycles. The first-order chi connectivity index (χ1) is 13.7. The molecule has 2 aromatic heterocycles. The molecule has 1 saturated carbocycles. The van der Waals surface area contributed by atoms with E-state index in [4.69, 9.17) is 5.73 Å². The average Bonchev–Trinajstić information content (AvgIpc) is 3.16. The summed E-state index contributed by atoms with van der Waals surface area (Å²) in [6.07, 6.45) is 4.51. The van der Waals surface area contributed by atoms with Gasteiger partial charge in [0.05, 0.1) is 27.5 Å². The van der Waals surface area contributed by atoms with Crippen LogP contribution in [0.2, 0.25) is 0 Å². The number of benzene rings is 1. The Labute approximate surface area is 169 Å². The number of H-pyrrole nitrogens is 1. The Hall–Kier alpha value is -2.74. The topological polar surface area (TPSA) is 119 Å². The molecule has 3 N–H and O–H groups in total. The lowest BCUT2D eigenvalue weighted by atomic mass is 9.65. The van der Waals surface area contributed by atoms with Crippen molar-refractivity contribution in [3.8, 4) is 0 Å². The maximum Gasteiger partial charge on any atom is 0.224 e. The first-order valence-electron chi connectivity index (χ1n) is 9.62. The number of amides is 1. The van der Waals surface area contributed by atoms with Gasteiger partial charge in [-0.05, 0) is 44.4 Å². The van der Waals surface area contributed by atoms with Crippen molar-refractivity contribution in [2.24, 2.45) is 11.1 Å². The third kappa shape index (κ3) is 3.31.